The van der Waals surface area contributed by atoms with E-state index in [-0.39, 0.29) is 0 Å². The lowest BCUT2D eigenvalue weighted by atomic mass is 10.1. The largest absolute Gasteiger partial charge is 0.494 e. The maximum absolute atomic E-state index is 5.46. The van der Waals surface area contributed by atoms with E-state index < -0.39 is 0 Å². The Morgan fingerprint density at radius 3 is 2.35 bits per heavy atom. The molecule has 0 aliphatic rings. The van der Waals surface area contributed by atoms with Crippen LogP contribution >= 0.6 is 0 Å². The van der Waals surface area contributed by atoms with Gasteiger partial charge in [0.2, 0.25) is 0 Å². The van der Waals surface area contributed by atoms with E-state index >= 15 is 0 Å². The van der Waals surface area contributed by atoms with E-state index in [0.29, 0.717) is 12.6 Å². The molecular formula is C18H23NO. The third-order valence-corrected chi connectivity index (χ3v) is 3.40. The fourth-order valence-electron chi connectivity index (χ4n) is 2.21. The summed E-state index contributed by atoms with van der Waals surface area (Å²) in [7, 11) is 0. The highest BCUT2D eigenvalue weighted by Crippen LogP contribution is 2.17. The van der Waals surface area contributed by atoms with Crippen molar-refractivity contribution < 1.29 is 4.74 Å². The van der Waals surface area contributed by atoms with Gasteiger partial charge < -0.3 is 10.1 Å². The Balaban J connectivity index is 1.80. The normalized spacial score (nSPS) is 12.1. The first-order valence-electron chi connectivity index (χ1n) is 7.29. The molecule has 2 aromatic carbocycles. The molecule has 0 amide bonds. The summed E-state index contributed by atoms with van der Waals surface area (Å²) in [6.07, 6.45) is 1.06. The Hall–Kier alpha value is -1.80. The lowest BCUT2D eigenvalue weighted by Crippen LogP contribution is -2.21. The molecule has 0 aliphatic heterocycles. The highest BCUT2D eigenvalue weighted by Gasteiger charge is 2.04. The SMILES string of the molecule is CCOc1ccc(C(C)NCCc2ccccc2)cc1. The summed E-state index contributed by atoms with van der Waals surface area (Å²) in [6.45, 7) is 5.89. The molecule has 1 unspecified atom stereocenters. The molecular weight excluding hydrogens is 246 g/mol. The Kier molecular flexibility index (Phi) is 5.63. The standard InChI is InChI=1S/C18H23NO/c1-3-20-18-11-9-17(10-12-18)15(2)19-14-13-16-7-5-4-6-8-16/h4-12,15,19H,3,13-14H2,1-2H3. The smallest absolute Gasteiger partial charge is 0.119 e. The lowest BCUT2D eigenvalue weighted by Gasteiger charge is -2.15. The number of hydrogen-bond acceptors (Lipinski definition) is 2. The van der Waals surface area contributed by atoms with Crippen LogP contribution in [0.4, 0.5) is 0 Å². The number of nitrogens with one attached hydrogen (secondary N) is 1. The average molecular weight is 269 g/mol. The molecule has 0 heterocycles. The molecule has 1 atom stereocenters. The average Bonchev–Trinajstić information content (AvgIpc) is 2.49. The highest BCUT2D eigenvalue weighted by molar-refractivity contribution is 5.29. The van der Waals surface area contributed by atoms with Crippen molar-refractivity contribution in [3.63, 3.8) is 0 Å². The zero-order chi connectivity index (χ0) is 14.2. The Bertz CT molecular complexity index is 493. The zero-order valence-corrected chi connectivity index (χ0v) is 12.3. The predicted octanol–water partition coefficient (Wildman–Crippen LogP) is 3.98. The molecule has 106 valence electrons. The van der Waals surface area contributed by atoms with Gasteiger partial charge in [-0.2, -0.15) is 0 Å². The second-order valence-corrected chi connectivity index (χ2v) is 4.91. The van der Waals surface area contributed by atoms with E-state index in [0.717, 1.165) is 18.7 Å². The van der Waals surface area contributed by atoms with Crippen molar-refractivity contribution in [1.29, 1.82) is 0 Å². The summed E-state index contributed by atoms with van der Waals surface area (Å²) >= 11 is 0. The van der Waals surface area contributed by atoms with Gasteiger partial charge in [0.1, 0.15) is 5.75 Å². The first-order valence-corrected chi connectivity index (χ1v) is 7.29. The van der Waals surface area contributed by atoms with Crippen LogP contribution in [0.2, 0.25) is 0 Å². The van der Waals surface area contributed by atoms with E-state index in [1.165, 1.54) is 11.1 Å². The predicted molar refractivity (Wildman–Crippen MR) is 84.2 cm³/mol. The number of ether oxygens (including phenoxy) is 1. The van der Waals surface area contributed by atoms with Crippen LogP contribution in [0.1, 0.15) is 31.0 Å². The van der Waals surface area contributed by atoms with Crippen LogP contribution < -0.4 is 10.1 Å². The van der Waals surface area contributed by atoms with Crippen molar-refractivity contribution in [2.24, 2.45) is 0 Å². The molecule has 0 bridgehead atoms. The van der Waals surface area contributed by atoms with Gasteiger partial charge in [-0.25, -0.2) is 0 Å². The summed E-state index contributed by atoms with van der Waals surface area (Å²) in [5.74, 6) is 0.938. The van der Waals surface area contributed by atoms with E-state index in [1.54, 1.807) is 0 Å². The monoisotopic (exact) mass is 269 g/mol. The molecule has 2 nitrogen and oxygen atoms in total. The summed E-state index contributed by atoms with van der Waals surface area (Å²) in [4.78, 5) is 0. The van der Waals surface area contributed by atoms with Gasteiger partial charge in [0.05, 0.1) is 6.61 Å². The van der Waals surface area contributed by atoms with Gasteiger partial charge in [0, 0.05) is 6.04 Å². The number of benzene rings is 2. The first-order chi connectivity index (χ1) is 9.79. The van der Waals surface area contributed by atoms with Gasteiger partial charge in [0.25, 0.3) is 0 Å². The number of rotatable bonds is 7. The van der Waals surface area contributed by atoms with Crippen LogP contribution in [-0.4, -0.2) is 13.2 Å². The summed E-state index contributed by atoms with van der Waals surface area (Å²) in [5.41, 5.74) is 2.67. The molecule has 0 fully saturated rings. The topological polar surface area (TPSA) is 21.3 Å². The summed E-state index contributed by atoms with van der Waals surface area (Å²) in [6, 6.07) is 19.3. The Labute approximate surface area is 121 Å². The lowest BCUT2D eigenvalue weighted by molar-refractivity contribution is 0.340. The van der Waals surface area contributed by atoms with Crippen LogP contribution in [0.15, 0.2) is 54.6 Å². The van der Waals surface area contributed by atoms with E-state index in [4.69, 9.17) is 4.74 Å². The second kappa shape index (κ2) is 7.71. The van der Waals surface area contributed by atoms with Gasteiger partial charge in [-0.15, -0.1) is 0 Å². The second-order valence-electron chi connectivity index (χ2n) is 4.91. The van der Waals surface area contributed by atoms with Crippen LogP contribution in [-0.2, 0) is 6.42 Å². The molecule has 0 aliphatic carbocycles. The van der Waals surface area contributed by atoms with Gasteiger partial charge in [-0.1, -0.05) is 42.5 Å². The van der Waals surface area contributed by atoms with Crippen LogP contribution in [0, 0.1) is 0 Å². The van der Waals surface area contributed by atoms with Gasteiger partial charge in [0.15, 0.2) is 0 Å². The molecule has 0 saturated heterocycles. The number of hydrogen-bond donors (Lipinski definition) is 1. The molecule has 0 aromatic heterocycles. The molecule has 1 N–H and O–H groups in total. The van der Waals surface area contributed by atoms with Crippen molar-refractivity contribution >= 4 is 0 Å². The first kappa shape index (κ1) is 14.6. The van der Waals surface area contributed by atoms with Gasteiger partial charge >= 0.3 is 0 Å². The summed E-state index contributed by atoms with van der Waals surface area (Å²) in [5, 5.41) is 3.56. The fourth-order valence-corrected chi connectivity index (χ4v) is 2.21. The quantitative estimate of drug-likeness (QED) is 0.821. The highest BCUT2D eigenvalue weighted by atomic mass is 16.5. The molecule has 0 radical (unpaired) electrons. The van der Waals surface area contributed by atoms with E-state index in [2.05, 4.69) is 54.7 Å². The minimum absolute atomic E-state index is 0.356. The van der Waals surface area contributed by atoms with Crippen LogP contribution in [0.25, 0.3) is 0 Å². The molecule has 0 saturated carbocycles. The third kappa shape index (κ3) is 4.39. The minimum atomic E-state index is 0.356. The van der Waals surface area contributed by atoms with E-state index in [9.17, 15) is 0 Å². The van der Waals surface area contributed by atoms with Crippen molar-refractivity contribution in [3.8, 4) is 5.75 Å². The van der Waals surface area contributed by atoms with Crippen molar-refractivity contribution in [3.05, 3.63) is 65.7 Å². The fraction of sp³-hybridized carbons (Fsp3) is 0.333. The van der Waals surface area contributed by atoms with Gasteiger partial charge in [-0.05, 0) is 50.1 Å². The molecule has 0 spiro atoms. The van der Waals surface area contributed by atoms with Crippen molar-refractivity contribution in [1.82, 2.24) is 5.32 Å². The van der Waals surface area contributed by atoms with E-state index in [1.807, 2.05) is 19.1 Å². The van der Waals surface area contributed by atoms with Crippen LogP contribution in [0.5, 0.6) is 5.75 Å². The van der Waals surface area contributed by atoms with Crippen LogP contribution in [0.3, 0.4) is 0 Å². The van der Waals surface area contributed by atoms with Crippen molar-refractivity contribution in [2.75, 3.05) is 13.2 Å². The summed E-state index contributed by atoms with van der Waals surface area (Å²) < 4.78 is 5.46. The van der Waals surface area contributed by atoms with Crippen molar-refractivity contribution in [2.45, 2.75) is 26.3 Å². The van der Waals surface area contributed by atoms with Gasteiger partial charge in [-0.3, -0.25) is 0 Å². The molecule has 2 rings (SSSR count). The maximum atomic E-state index is 5.46. The molecule has 2 aromatic rings. The molecule has 2 heteroatoms. The minimum Gasteiger partial charge on any atom is -0.494 e. The third-order valence-electron chi connectivity index (χ3n) is 3.40. The zero-order valence-electron chi connectivity index (χ0n) is 12.3. The maximum Gasteiger partial charge on any atom is 0.119 e. The molecule has 20 heavy (non-hydrogen) atoms. The Morgan fingerprint density at radius 1 is 1.00 bits per heavy atom. The Morgan fingerprint density at radius 2 is 1.70 bits per heavy atom.